The van der Waals surface area contributed by atoms with E-state index in [1.165, 1.54) is 29.1 Å². The zero-order valence-electron chi connectivity index (χ0n) is 12.1. The fourth-order valence-corrected chi connectivity index (χ4v) is 2.22. The molecule has 0 aliphatic heterocycles. The molecule has 0 atom stereocenters. The SMILES string of the molecule is Cc1c2cnn(-c3ccccc3OC(F)(F)F)c(=O)c2nn1C. The second-order valence-corrected chi connectivity index (χ2v) is 4.85. The van der Waals surface area contributed by atoms with Crippen molar-refractivity contribution in [2.45, 2.75) is 13.3 Å². The van der Waals surface area contributed by atoms with Gasteiger partial charge in [-0.05, 0) is 19.1 Å². The van der Waals surface area contributed by atoms with Crippen LogP contribution >= 0.6 is 0 Å². The van der Waals surface area contributed by atoms with Gasteiger partial charge in [-0.2, -0.15) is 14.9 Å². The van der Waals surface area contributed by atoms with Crippen molar-refractivity contribution in [3.63, 3.8) is 0 Å². The molecule has 120 valence electrons. The quantitative estimate of drug-likeness (QED) is 0.726. The van der Waals surface area contributed by atoms with Crippen molar-refractivity contribution in [1.82, 2.24) is 19.6 Å². The largest absolute Gasteiger partial charge is 0.573 e. The first-order valence-electron chi connectivity index (χ1n) is 6.55. The van der Waals surface area contributed by atoms with Gasteiger partial charge in [0.15, 0.2) is 11.3 Å². The topological polar surface area (TPSA) is 61.9 Å². The molecular weight excluding hydrogens is 313 g/mol. The molecule has 0 amide bonds. The normalized spacial score (nSPS) is 11.9. The highest BCUT2D eigenvalue weighted by Crippen LogP contribution is 2.28. The van der Waals surface area contributed by atoms with Crippen LogP contribution in [0.25, 0.3) is 16.6 Å². The van der Waals surface area contributed by atoms with Gasteiger partial charge in [-0.3, -0.25) is 9.48 Å². The van der Waals surface area contributed by atoms with Crippen molar-refractivity contribution in [2.75, 3.05) is 0 Å². The lowest BCUT2D eigenvalue weighted by Gasteiger charge is -2.13. The fraction of sp³-hybridized carbons (Fsp3) is 0.214. The van der Waals surface area contributed by atoms with E-state index >= 15 is 0 Å². The number of aryl methyl sites for hydroxylation is 2. The fourth-order valence-electron chi connectivity index (χ4n) is 2.22. The number of hydrogen-bond acceptors (Lipinski definition) is 4. The summed E-state index contributed by atoms with van der Waals surface area (Å²) in [6.45, 7) is 1.77. The standard InChI is InChI=1S/C14H11F3N4O2/c1-8-9-7-18-21(13(22)12(9)19-20(8)2)10-5-3-4-6-11(10)23-14(15,16)17/h3-7H,1-2H3. The second kappa shape index (κ2) is 5.11. The molecule has 0 fully saturated rings. The Balaban J connectivity index is 2.22. The van der Waals surface area contributed by atoms with E-state index in [2.05, 4.69) is 14.9 Å². The van der Waals surface area contributed by atoms with Gasteiger partial charge in [-0.15, -0.1) is 13.2 Å². The molecule has 6 nitrogen and oxygen atoms in total. The first kappa shape index (κ1) is 15.1. The lowest BCUT2D eigenvalue weighted by molar-refractivity contribution is -0.274. The smallest absolute Gasteiger partial charge is 0.403 e. The van der Waals surface area contributed by atoms with Crippen LogP contribution in [0, 0.1) is 6.92 Å². The number of fused-ring (bicyclic) bond motifs is 1. The van der Waals surface area contributed by atoms with Crippen molar-refractivity contribution in [1.29, 1.82) is 0 Å². The molecule has 23 heavy (non-hydrogen) atoms. The van der Waals surface area contributed by atoms with Gasteiger partial charge in [-0.25, -0.2) is 0 Å². The Kier molecular flexibility index (Phi) is 3.35. The van der Waals surface area contributed by atoms with Crippen LogP contribution in [0.1, 0.15) is 5.69 Å². The number of rotatable bonds is 2. The van der Waals surface area contributed by atoms with Gasteiger partial charge in [0.2, 0.25) is 0 Å². The predicted octanol–water partition coefficient (Wildman–Crippen LogP) is 2.33. The van der Waals surface area contributed by atoms with Gasteiger partial charge < -0.3 is 4.74 Å². The average molecular weight is 324 g/mol. The molecule has 9 heteroatoms. The lowest BCUT2D eigenvalue weighted by atomic mass is 10.2. The van der Waals surface area contributed by atoms with Crippen molar-refractivity contribution in [2.24, 2.45) is 7.05 Å². The molecule has 0 aliphatic rings. The highest BCUT2D eigenvalue weighted by Gasteiger charge is 2.32. The molecule has 0 aliphatic carbocycles. The van der Waals surface area contributed by atoms with E-state index in [-0.39, 0.29) is 11.2 Å². The van der Waals surface area contributed by atoms with E-state index in [1.807, 2.05) is 0 Å². The Morgan fingerprint density at radius 3 is 2.61 bits per heavy atom. The van der Waals surface area contributed by atoms with E-state index in [4.69, 9.17) is 0 Å². The van der Waals surface area contributed by atoms with Crippen LogP contribution in [-0.2, 0) is 7.05 Å². The molecule has 1 aromatic carbocycles. The maximum atomic E-state index is 12.5. The molecule has 0 unspecified atom stereocenters. The van der Waals surface area contributed by atoms with E-state index in [9.17, 15) is 18.0 Å². The van der Waals surface area contributed by atoms with Gasteiger partial charge in [0.05, 0.1) is 6.20 Å². The molecule has 2 heterocycles. The number of ether oxygens (including phenoxy) is 1. The minimum atomic E-state index is -4.87. The third-order valence-electron chi connectivity index (χ3n) is 3.40. The molecule has 2 aromatic heterocycles. The van der Waals surface area contributed by atoms with E-state index in [1.54, 1.807) is 14.0 Å². The summed E-state index contributed by atoms with van der Waals surface area (Å²) < 4.78 is 43.8. The zero-order chi connectivity index (χ0) is 16.8. The number of halogens is 3. The summed E-state index contributed by atoms with van der Waals surface area (Å²) in [5.41, 5.74) is 0.128. The maximum Gasteiger partial charge on any atom is 0.573 e. The highest BCUT2D eigenvalue weighted by atomic mass is 19.4. The molecular formula is C14H11F3N4O2. The summed E-state index contributed by atoms with van der Waals surface area (Å²) in [5.74, 6) is -0.512. The number of alkyl halides is 3. The minimum Gasteiger partial charge on any atom is -0.403 e. The number of aromatic nitrogens is 4. The summed E-state index contributed by atoms with van der Waals surface area (Å²) in [6, 6.07) is 5.29. The second-order valence-electron chi connectivity index (χ2n) is 4.85. The van der Waals surface area contributed by atoms with Gasteiger partial charge in [0.1, 0.15) is 5.69 Å². The summed E-state index contributed by atoms with van der Waals surface area (Å²) >= 11 is 0. The summed E-state index contributed by atoms with van der Waals surface area (Å²) in [5, 5.41) is 8.57. The molecule has 0 saturated carbocycles. The van der Waals surface area contributed by atoms with Crippen LogP contribution < -0.4 is 10.3 Å². The third kappa shape index (κ3) is 2.65. The number of para-hydroxylation sites is 2. The van der Waals surface area contributed by atoms with Crippen LogP contribution in [0.2, 0.25) is 0 Å². The average Bonchev–Trinajstić information content (AvgIpc) is 2.76. The van der Waals surface area contributed by atoms with Gasteiger partial charge in [0, 0.05) is 18.1 Å². The van der Waals surface area contributed by atoms with E-state index in [0.717, 1.165) is 16.4 Å². The first-order valence-corrected chi connectivity index (χ1v) is 6.55. The monoisotopic (exact) mass is 324 g/mol. The van der Waals surface area contributed by atoms with Gasteiger partial charge >= 0.3 is 6.36 Å². The molecule has 0 N–H and O–H groups in total. The molecule has 0 saturated heterocycles. The van der Waals surface area contributed by atoms with Crippen LogP contribution in [0.15, 0.2) is 35.3 Å². The summed E-state index contributed by atoms with van der Waals surface area (Å²) in [7, 11) is 1.67. The Hall–Kier alpha value is -2.84. The Morgan fingerprint density at radius 1 is 1.22 bits per heavy atom. The van der Waals surface area contributed by atoms with Crippen LogP contribution in [-0.4, -0.2) is 25.9 Å². The van der Waals surface area contributed by atoms with Crippen LogP contribution in [0.5, 0.6) is 5.75 Å². The number of nitrogens with zero attached hydrogens (tertiary/aromatic N) is 4. The van der Waals surface area contributed by atoms with Gasteiger partial charge in [-0.1, -0.05) is 12.1 Å². The lowest BCUT2D eigenvalue weighted by Crippen LogP contribution is -2.24. The Morgan fingerprint density at radius 2 is 1.91 bits per heavy atom. The van der Waals surface area contributed by atoms with Gasteiger partial charge in [0.25, 0.3) is 5.56 Å². The van der Waals surface area contributed by atoms with Crippen molar-refractivity contribution < 1.29 is 17.9 Å². The summed E-state index contributed by atoms with van der Waals surface area (Å²) in [6.07, 6.45) is -3.48. The van der Waals surface area contributed by atoms with Crippen molar-refractivity contribution in [3.8, 4) is 11.4 Å². The summed E-state index contributed by atoms with van der Waals surface area (Å²) in [4.78, 5) is 12.5. The zero-order valence-corrected chi connectivity index (χ0v) is 12.1. The number of benzene rings is 1. The van der Waals surface area contributed by atoms with Crippen molar-refractivity contribution >= 4 is 10.9 Å². The van der Waals surface area contributed by atoms with E-state index < -0.39 is 17.7 Å². The molecule has 0 bridgehead atoms. The molecule has 0 radical (unpaired) electrons. The number of hydrogen-bond donors (Lipinski definition) is 0. The Bertz CT molecular complexity index is 943. The first-order chi connectivity index (χ1) is 10.8. The predicted molar refractivity (Wildman–Crippen MR) is 75.5 cm³/mol. The van der Waals surface area contributed by atoms with Crippen LogP contribution in [0.3, 0.4) is 0 Å². The molecule has 0 spiro atoms. The van der Waals surface area contributed by atoms with E-state index in [0.29, 0.717) is 5.39 Å². The third-order valence-corrected chi connectivity index (χ3v) is 3.40. The minimum absolute atomic E-state index is 0.111. The van der Waals surface area contributed by atoms with Crippen molar-refractivity contribution in [3.05, 3.63) is 46.5 Å². The van der Waals surface area contributed by atoms with Crippen LogP contribution in [0.4, 0.5) is 13.2 Å². The maximum absolute atomic E-state index is 12.5. The highest BCUT2D eigenvalue weighted by molar-refractivity contribution is 5.79. The Labute approximate surface area is 127 Å². The molecule has 3 aromatic rings. The molecule has 3 rings (SSSR count).